The maximum Gasteiger partial charge on any atom is 0.173 e. The molecule has 0 atom stereocenters. The number of aromatic nitrogens is 1. The minimum Gasteiger partial charge on any atom is -0.496 e. The summed E-state index contributed by atoms with van der Waals surface area (Å²) < 4.78 is 11.6. The molecule has 0 radical (unpaired) electrons. The predicted octanol–water partition coefficient (Wildman–Crippen LogP) is 4.57. The molecule has 0 N–H and O–H groups in total. The summed E-state index contributed by atoms with van der Waals surface area (Å²) >= 11 is 7.19. The Balaban J connectivity index is 1.49. The fourth-order valence-corrected chi connectivity index (χ4v) is 4.28. The molecule has 0 spiro atoms. The lowest BCUT2D eigenvalue weighted by Gasteiger charge is -2.15. The van der Waals surface area contributed by atoms with Crippen LogP contribution in [0.5, 0.6) is 5.75 Å². The van der Waals surface area contributed by atoms with E-state index in [1.807, 2.05) is 31.3 Å². The zero-order valence-corrected chi connectivity index (χ0v) is 17.7. The molecule has 4 rings (SSSR count). The van der Waals surface area contributed by atoms with Crippen LogP contribution in [-0.4, -0.2) is 48.9 Å². The van der Waals surface area contributed by atoms with Crippen molar-refractivity contribution in [3.05, 3.63) is 56.9 Å². The molecule has 1 aliphatic rings. The molecule has 3 heterocycles. The molecule has 150 valence electrons. The van der Waals surface area contributed by atoms with Gasteiger partial charge in [0.15, 0.2) is 5.78 Å². The quantitative estimate of drug-likeness (QED) is 0.514. The Morgan fingerprint density at radius 2 is 2.17 bits per heavy atom. The van der Waals surface area contributed by atoms with Crippen molar-refractivity contribution < 1.29 is 14.1 Å². The van der Waals surface area contributed by atoms with Crippen molar-refractivity contribution in [1.82, 2.24) is 10.1 Å². The number of rotatable bonds is 7. The van der Waals surface area contributed by atoms with Gasteiger partial charge in [-0.15, -0.1) is 11.3 Å². The average Bonchev–Trinajstić information content (AvgIpc) is 3.47. The second kappa shape index (κ2) is 8.39. The van der Waals surface area contributed by atoms with Gasteiger partial charge in [0.2, 0.25) is 0 Å². The van der Waals surface area contributed by atoms with Crippen LogP contribution >= 0.6 is 22.9 Å². The van der Waals surface area contributed by atoms with Gasteiger partial charge in [0.25, 0.3) is 0 Å². The van der Waals surface area contributed by atoms with Gasteiger partial charge >= 0.3 is 0 Å². The number of carbonyl (C=O) groups is 1. The Labute approximate surface area is 177 Å². The number of methoxy groups -OCH3 is 1. The first-order chi connectivity index (χ1) is 14.0. The first kappa shape index (κ1) is 19.7. The van der Waals surface area contributed by atoms with Crippen LogP contribution in [0.2, 0.25) is 4.34 Å². The van der Waals surface area contributed by atoms with E-state index in [0.717, 1.165) is 30.1 Å². The van der Waals surface area contributed by atoms with Crippen molar-refractivity contribution in [2.75, 3.05) is 27.2 Å². The number of hydrogen-bond acceptors (Lipinski definition) is 7. The van der Waals surface area contributed by atoms with Gasteiger partial charge in [-0.3, -0.25) is 9.79 Å². The Kier molecular flexibility index (Phi) is 5.69. The van der Waals surface area contributed by atoms with Crippen molar-refractivity contribution in [3.63, 3.8) is 0 Å². The van der Waals surface area contributed by atoms with E-state index < -0.39 is 0 Å². The molecular weight excluding hydrogens is 410 g/mol. The molecule has 29 heavy (non-hydrogen) atoms. The predicted molar refractivity (Wildman–Crippen MR) is 115 cm³/mol. The Hall–Kier alpha value is -2.64. The minimum absolute atomic E-state index is 0.0447. The largest absolute Gasteiger partial charge is 0.496 e. The van der Waals surface area contributed by atoms with Gasteiger partial charge in [0.1, 0.15) is 23.0 Å². The number of carbonyl (C=O) groups excluding carboxylic acids is 1. The van der Waals surface area contributed by atoms with Crippen LogP contribution in [0.3, 0.4) is 0 Å². The highest BCUT2D eigenvalue weighted by Gasteiger charge is 2.19. The molecule has 0 fully saturated rings. The monoisotopic (exact) mass is 429 g/mol. The number of benzene rings is 1. The van der Waals surface area contributed by atoms with Crippen LogP contribution < -0.4 is 4.74 Å². The van der Waals surface area contributed by atoms with Crippen molar-refractivity contribution in [2.45, 2.75) is 12.8 Å². The summed E-state index contributed by atoms with van der Waals surface area (Å²) in [5, 5.41) is 4.17. The molecule has 1 aliphatic heterocycles. The molecule has 3 aromatic rings. The van der Waals surface area contributed by atoms with Crippen molar-refractivity contribution in [2.24, 2.45) is 4.99 Å². The molecule has 0 bridgehead atoms. The lowest BCUT2D eigenvalue weighted by Crippen LogP contribution is -2.23. The van der Waals surface area contributed by atoms with Crippen LogP contribution in [0.1, 0.15) is 27.4 Å². The van der Waals surface area contributed by atoms with Gasteiger partial charge in [-0.1, -0.05) is 22.8 Å². The van der Waals surface area contributed by atoms with Crippen molar-refractivity contribution in [3.8, 4) is 17.0 Å². The van der Waals surface area contributed by atoms with Crippen molar-refractivity contribution in [1.29, 1.82) is 0 Å². The van der Waals surface area contributed by atoms with Gasteiger partial charge in [-0.25, -0.2) is 0 Å². The van der Waals surface area contributed by atoms with E-state index >= 15 is 0 Å². The smallest absolute Gasteiger partial charge is 0.173 e. The van der Waals surface area contributed by atoms with Gasteiger partial charge < -0.3 is 14.2 Å². The number of aliphatic imine (C=N–C) groups is 1. The van der Waals surface area contributed by atoms with Crippen LogP contribution in [0.15, 0.2) is 45.9 Å². The van der Waals surface area contributed by atoms with E-state index in [0.29, 0.717) is 39.3 Å². The summed E-state index contributed by atoms with van der Waals surface area (Å²) in [4.78, 5) is 19.6. The molecule has 1 aromatic carbocycles. The number of likely N-dealkylation sites (N-methyl/N-ethyl adjacent to an activating group) is 1. The third kappa shape index (κ3) is 4.21. The summed E-state index contributed by atoms with van der Waals surface area (Å²) in [5.41, 5.74) is 2.52. The number of halogens is 1. The number of ether oxygens (including phenoxy) is 1. The SMILES string of the molecule is COc1cc(C2=NCCN2C)ccc1-c1cc(CCC(=O)c2ccc(Cl)s2)on1. The summed E-state index contributed by atoms with van der Waals surface area (Å²) in [7, 11) is 3.66. The number of thiophene rings is 1. The molecule has 6 nitrogen and oxygen atoms in total. The maximum atomic E-state index is 12.3. The fraction of sp³-hybridized carbons (Fsp3) is 0.286. The number of Topliss-reactive ketones (excluding diaryl/α,β-unsaturated/α-hetero) is 1. The Bertz CT molecular complexity index is 1070. The highest BCUT2D eigenvalue weighted by Crippen LogP contribution is 2.32. The number of hydrogen-bond donors (Lipinski definition) is 0. The molecule has 0 amide bonds. The molecular formula is C21H20ClN3O3S. The van der Waals surface area contributed by atoms with E-state index in [1.165, 1.54) is 11.3 Å². The molecule has 0 aliphatic carbocycles. The summed E-state index contributed by atoms with van der Waals surface area (Å²) in [5.74, 6) is 2.36. The summed E-state index contributed by atoms with van der Waals surface area (Å²) in [6, 6.07) is 11.3. The number of ketones is 1. The van der Waals surface area contributed by atoms with E-state index in [2.05, 4.69) is 15.0 Å². The van der Waals surface area contributed by atoms with Gasteiger partial charge in [0, 0.05) is 43.6 Å². The topological polar surface area (TPSA) is 67.9 Å². The molecule has 0 saturated carbocycles. The Morgan fingerprint density at radius 1 is 1.31 bits per heavy atom. The second-order valence-electron chi connectivity index (χ2n) is 6.75. The molecule has 0 unspecified atom stereocenters. The first-order valence-corrected chi connectivity index (χ1v) is 10.4. The fourth-order valence-electron chi connectivity index (χ4n) is 3.27. The third-order valence-corrected chi connectivity index (χ3v) is 6.07. The third-order valence-electron chi connectivity index (χ3n) is 4.80. The maximum absolute atomic E-state index is 12.3. The van der Waals surface area contributed by atoms with Crippen LogP contribution in [-0.2, 0) is 6.42 Å². The zero-order valence-electron chi connectivity index (χ0n) is 16.1. The summed E-state index contributed by atoms with van der Waals surface area (Å²) in [6.07, 6.45) is 0.817. The van der Waals surface area contributed by atoms with Crippen LogP contribution in [0.25, 0.3) is 11.3 Å². The van der Waals surface area contributed by atoms with E-state index in [4.69, 9.17) is 20.9 Å². The average molecular weight is 430 g/mol. The second-order valence-corrected chi connectivity index (χ2v) is 8.46. The van der Waals surface area contributed by atoms with Crippen molar-refractivity contribution >= 4 is 34.6 Å². The van der Waals surface area contributed by atoms with E-state index in [1.54, 1.807) is 19.2 Å². The van der Waals surface area contributed by atoms with E-state index in [-0.39, 0.29) is 5.78 Å². The van der Waals surface area contributed by atoms with Gasteiger partial charge in [0.05, 0.1) is 22.9 Å². The molecule has 0 saturated heterocycles. The molecule has 2 aromatic heterocycles. The Morgan fingerprint density at radius 3 is 2.86 bits per heavy atom. The zero-order chi connectivity index (χ0) is 20.4. The first-order valence-electron chi connectivity index (χ1n) is 9.23. The highest BCUT2D eigenvalue weighted by atomic mass is 35.5. The highest BCUT2D eigenvalue weighted by molar-refractivity contribution is 7.18. The summed E-state index contributed by atoms with van der Waals surface area (Å²) in [6.45, 7) is 1.72. The number of amidine groups is 1. The normalized spacial score (nSPS) is 13.6. The van der Waals surface area contributed by atoms with Gasteiger partial charge in [-0.2, -0.15) is 0 Å². The number of nitrogens with zero attached hydrogens (tertiary/aromatic N) is 3. The van der Waals surface area contributed by atoms with Gasteiger partial charge in [-0.05, 0) is 24.3 Å². The number of aryl methyl sites for hydroxylation is 1. The van der Waals surface area contributed by atoms with Crippen LogP contribution in [0, 0.1) is 0 Å². The van der Waals surface area contributed by atoms with Crippen LogP contribution in [0.4, 0.5) is 0 Å². The minimum atomic E-state index is 0.0447. The standard InChI is InChI=1S/C21H20ClN3O3S/c1-25-10-9-23-21(25)13-3-5-15(18(11-13)27-2)16-12-14(28-24-16)4-6-17(26)19-7-8-20(22)29-19/h3,5,7-8,11-12H,4,6,9-10H2,1-2H3. The lowest BCUT2D eigenvalue weighted by atomic mass is 10.1. The lowest BCUT2D eigenvalue weighted by molar-refractivity contribution is 0.0984. The van der Waals surface area contributed by atoms with E-state index in [9.17, 15) is 4.79 Å². The molecule has 8 heteroatoms.